The number of ether oxygens (including phenoxy) is 1. The molecule has 0 aliphatic rings. The van der Waals surface area contributed by atoms with Crippen LogP contribution in [0.4, 0.5) is 0 Å². The molecule has 0 radical (unpaired) electrons. The van der Waals surface area contributed by atoms with E-state index in [4.69, 9.17) is 9.53 Å². The molecule has 4 aromatic carbocycles. The molecule has 0 saturated carbocycles. The van der Waals surface area contributed by atoms with Gasteiger partial charge in [-0.15, -0.1) is 0 Å². The highest BCUT2D eigenvalue weighted by atomic mass is 16.5. The third kappa shape index (κ3) is 1.62. The van der Waals surface area contributed by atoms with Gasteiger partial charge in [-0.25, -0.2) is 0 Å². The minimum absolute atomic E-state index is 0.945. The molecule has 2 nitrogen and oxygen atoms in total. The van der Waals surface area contributed by atoms with E-state index in [0.717, 1.165) is 5.75 Å². The Morgan fingerprint density at radius 3 is 1.95 bits per heavy atom. The molecular formula is C18H14O2. The summed E-state index contributed by atoms with van der Waals surface area (Å²) in [4.78, 5) is 8.00. The minimum atomic E-state index is 0.945. The van der Waals surface area contributed by atoms with Gasteiger partial charge in [-0.05, 0) is 33.7 Å². The second-order valence-corrected chi connectivity index (χ2v) is 4.62. The molecule has 0 amide bonds. The van der Waals surface area contributed by atoms with Gasteiger partial charge in [0.1, 0.15) is 12.5 Å². The zero-order valence-electron chi connectivity index (χ0n) is 11.2. The van der Waals surface area contributed by atoms with Gasteiger partial charge >= 0.3 is 0 Å². The van der Waals surface area contributed by atoms with Crippen LogP contribution in [0.5, 0.6) is 5.75 Å². The van der Waals surface area contributed by atoms with Crippen LogP contribution in [0.25, 0.3) is 32.3 Å². The van der Waals surface area contributed by atoms with E-state index in [0.29, 0.717) is 0 Å². The SMILES string of the molecule is C=O.COc1ccc2ccc3cccc4ccc1c2c34. The average Bonchev–Trinajstić information content (AvgIpc) is 2.54. The fourth-order valence-corrected chi connectivity index (χ4v) is 2.89. The van der Waals surface area contributed by atoms with Crippen LogP contribution >= 0.6 is 0 Å². The predicted molar refractivity (Wildman–Crippen MR) is 83.8 cm³/mol. The van der Waals surface area contributed by atoms with Crippen LogP contribution < -0.4 is 4.74 Å². The molecule has 4 rings (SSSR count). The molecule has 0 bridgehead atoms. The standard InChI is InChI=1S/C17H12O.CH2O/c1-18-15-10-8-13-6-5-11-3-2-4-12-7-9-14(15)17(13)16(11)12;1-2/h2-10H,1H3;1H2. The Hall–Kier alpha value is -2.61. The van der Waals surface area contributed by atoms with E-state index in [1.54, 1.807) is 7.11 Å². The largest absolute Gasteiger partial charge is 0.496 e. The monoisotopic (exact) mass is 262 g/mol. The van der Waals surface area contributed by atoms with Gasteiger partial charge in [0.25, 0.3) is 0 Å². The maximum atomic E-state index is 8.00. The summed E-state index contributed by atoms with van der Waals surface area (Å²) < 4.78 is 5.47. The summed E-state index contributed by atoms with van der Waals surface area (Å²) in [7, 11) is 1.73. The lowest BCUT2D eigenvalue weighted by Gasteiger charge is -2.12. The van der Waals surface area contributed by atoms with Gasteiger partial charge in [0, 0.05) is 10.8 Å². The second-order valence-electron chi connectivity index (χ2n) is 4.62. The summed E-state index contributed by atoms with van der Waals surface area (Å²) in [5, 5.41) is 7.70. The maximum absolute atomic E-state index is 8.00. The Labute approximate surface area is 116 Å². The van der Waals surface area contributed by atoms with Gasteiger partial charge in [-0.1, -0.05) is 42.5 Å². The molecule has 0 aromatic heterocycles. The van der Waals surface area contributed by atoms with Crippen molar-refractivity contribution in [2.75, 3.05) is 7.11 Å². The molecule has 0 atom stereocenters. The first-order valence-corrected chi connectivity index (χ1v) is 6.38. The fraction of sp³-hybridized carbons (Fsp3) is 0.0556. The van der Waals surface area contributed by atoms with Crippen LogP contribution in [0.15, 0.2) is 54.6 Å². The molecule has 0 aliphatic heterocycles. The normalized spacial score (nSPS) is 10.7. The van der Waals surface area contributed by atoms with Crippen LogP contribution in [0.3, 0.4) is 0 Å². The average molecular weight is 262 g/mol. The van der Waals surface area contributed by atoms with Crippen molar-refractivity contribution in [2.24, 2.45) is 0 Å². The lowest BCUT2D eigenvalue weighted by atomic mass is 9.94. The fourth-order valence-electron chi connectivity index (χ4n) is 2.89. The van der Waals surface area contributed by atoms with Crippen molar-refractivity contribution in [1.29, 1.82) is 0 Å². The van der Waals surface area contributed by atoms with Crippen LogP contribution in [-0.2, 0) is 4.79 Å². The molecule has 0 heterocycles. The zero-order chi connectivity index (χ0) is 14.1. The lowest BCUT2D eigenvalue weighted by Crippen LogP contribution is -1.88. The number of hydrogen-bond donors (Lipinski definition) is 0. The quantitative estimate of drug-likeness (QED) is 0.475. The second kappa shape index (κ2) is 4.82. The van der Waals surface area contributed by atoms with Gasteiger partial charge in [0.2, 0.25) is 0 Å². The first kappa shape index (κ1) is 12.4. The van der Waals surface area contributed by atoms with Crippen LogP contribution in [0.2, 0.25) is 0 Å². The number of rotatable bonds is 1. The molecule has 0 fully saturated rings. The molecule has 0 spiro atoms. The Bertz CT molecular complexity index is 864. The van der Waals surface area contributed by atoms with Crippen LogP contribution in [0, 0.1) is 0 Å². The Balaban J connectivity index is 0.000000581. The third-order valence-electron chi connectivity index (χ3n) is 3.71. The topological polar surface area (TPSA) is 26.3 Å². The van der Waals surface area contributed by atoms with Crippen molar-refractivity contribution in [3.05, 3.63) is 54.6 Å². The van der Waals surface area contributed by atoms with Crippen molar-refractivity contribution in [1.82, 2.24) is 0 Å². The van der Waals surface area contributed by atoms with Crippen molar-refractivity contribution in [2.45, 2.75) is 0 Å². The Morgan fingerprint density at radius 1 is 0.750 bits per heavy atom. The van der Waals surface area contributed by atoms with E-state index in [1.807, 2.05) is 12.9 Å². The summed E-state index contributed by atoms with van der Waals surface area (Å²) >= 11 is 0. The van der Waals surface area contributed by atoms with Crippen molar-refractivity contribution >= 4 is 39.1 Å². The van der Waals surface area contributed by atoms with Crippen molar-refractivity contribution < 1.29 is 9.53 Å². The zero-order valence-corrected chi connectivity index (χ0v) is 11.2. The maximum Gasteiger partial charge on any atom is 0.126 e. The molecule has 98 valence electrons. The smallest absolute Gasteiger partial charge is 0.126 e. The van der Waals surface area contributed by atoms with Gasteiger partial charge < -0.3 is 9.53 Å². The van der Waals surface area contributed by atoms with Crippen molar-refractivity contribution in [3.63, 3.8) is 0 Å². The molecule has 0 unspecified atom stereocenters. The minimum Gasteiger partial charge on any atom is -0.496 e. The lowest BCUT2D eigenvalue weighted by molar-refractivity contribution is -0.0979. The molecular weight excluding hydrogens is 248 g/mol. The van der Waals surface area contributed by atoms with E-state index < -0.39 is 0 Å². The number of carbonyl (C=O) groups is 1. The molecule has 0 N–H and O–H groups in total. The molecule has 4 aromatic rings. The molecule has 0 aliphatic carbocycles. The van der Waals surface area contributed by atoms with E-state index in [2.05, 4.69) is 48.5 Å². The van der Waals surface area contributed by atoms with Gasteiger partial charge in [0.05, 0.1) is 7.11 Å². The van der Waals surface area contributed by atoms with Gasteiger partial charge in [0.15, 0.2) is 0 Å². The molecule has 2 heteroatoms. The Kier molecular flexibility index (Phi) is 2.99. The highest BCUT2D eigenvalue weighted by Gasteiger charge is 2.10. The first-order chi connectivity index (χ1) is 9.88. The summed E-state index contributed by atoms with van der Waals surface area (Å²) in [6.45, 7) is 2.00. The van der Waals surface area contributed by atoms with Crippen LogP contribution in [-0.4, -0.2) is 13.9 Å². The number of carbonyl (C=O) groups excluding carboxylic acids is 1. The van der Waals surface area contributed by atoms with E-state index in [9.17, 15) is 0 Å². The summed E-state index contributed by atoms with van der Waals surface area (Å²) in [6.07, 6.45) is 0. The van der Waals surface area contributed by atoms with Crippen molar-refractivity contribution in [3.8, 4) is 5.75 Å². The van der Waals surface area contributed by atoms with E-state index in [1.165, 1.54) is 32.3 Å². The predicted octanol–water partition coefficient (Wildman–Crippen LogP) is 4.41. The van der Waals surface area contributed by atoms with Crippen LogP contribution in [0.1, 0.15) is 0 Å². The summed E-state index contributed by atoms with van der Waals surface area (Å²) in [6, 6.07) is 19.3. The van der Waals surface area contributed by atoms with E-state index >= 15 is 0 Å². The number of hydrogen-bond acceptors (Lipinski definition) is 2. The first-order valence-electron chi connectivity index (χ1n) is 6.38. The summed E-state index contributed by atoms with van der Waals surface area (Å²) in [5.74, 6) is 0.945. The van der Waals surface area contributed by atoms with E-state index in [-0.39, 0.29) is 0 Å². The summed E-state index contributed by atoms with van der Waals surface area (Å²) in [5.41, 5.74) is 0. The highest BCUT2D eigenvalue weighted by Crippen LogP contribution is 2.38. The number of methoxy groups -OCH3 is 1. The van der Waals surface area contributed by atoms with Gasteiger partial charge in [-0.3, -0.25) is 0 Å². The molecule has 20 heavy (non-hydrogen) atoms. The Morgan fingerprint density at radius 2 is 1.30 bits per heavy atom. The third-order valence-corrected chi connectivity index (χ3v) is 3.71. The van der Waals surface area contributed by atoms with Gasteiger partial charge in [-0.2, -0.15) is 0 Å². The molecule has 0 saturated heterocycles. The highest BCUT2D eigenvalue weighted by molar-refractivity contribution is 6.24. The number of benzene rings is 4.